The number of aryl methyl sites for hydroxylation is 2. The molecule has 0 aliphatic carbocycles. The molecule has 0 unspecified atom stereocenters. The third-order valence-corrected chi connectivity index (χ3v) is 3.57. The largest absolute Gasteiger partial charge is 0.463 e. The first-order valence-electron chi connectivity index (χ1n) is 6.42. The molecule has 0 radical (unpaired) electrons. The fraction of sp³-hybridized carbons (Fsp3) is 0.200. The molecule has 0 spiro atoms. The minimum atomic E-state index is -0.214. The molecule has 0 aliphatic rings. The molecule has 0 saturated carbocycles. The van der Waals surface area contributed by atoms with Crippen LogP contribution in [0.1, 0.15) is 16.9 Å². The molecule has 110 valence electrons. The molecule has 2 N–H and O–H groups in total. The summed E-state index contributed by atoms with van der Waals surface area (Å²) in [7, 11) is 0. The number of carbonyl (C=O) groups is 1. The summed E-state index contributed by atoms with van der Waals surface area (Å²) in [5.74, 6) is 0.421. The molecule has 0 saturated heterocycles. The molecule has 1 amide bonds. The number of amides is 1. The second-order valence-electron chi connectivity index (χ2n) is 4.57. The summed E-state index contributed by atoms with van der Waals surface area (Å²) in [4.78, 5) is 11.7. The maximum atomic E-state index is 11.7. The Morgan fingerprint density at radius 3 is 2.81 bits per heavy atom. The molecule has 1 aromatic carbocycles. The maximum Gasteiger partial charge on any atom is 0.259 e. The van der Waals surface area contributed by atoms with Gasteiger partial charge in [0, 0.05) is 9.26 Å². The second kappa shape index (κ2) is 7.26. The Balaban J connectivity index is 1.82. The van der Waals surface area contributed by atoms with Crippen LogP contribution in [-0.2, 0) is 4.79 Å². The van der Waals surface area contributed by atoms with Crippen molar-refractivity contribution in [2.45, 2.75) is 13.8 Å². The van der Waals surface area contributed by atoms with Gasteiger partial charge in [0.15, 0.2) is 0 Å². The van der Waals surface area contributed by atoms with Gasteiger partial charge in [-0.05, 0) is 71.8 Å². The molecule has 5 nitrogen and oxygen atoms in total. The summed E-state index contributed by atoms with van der Waals surface area (Å²) >= 11 is 2.25. The Hall–Kier alpha value is -1.83. The summed E-state index contributed by atoms with van der Waals surface area (Å²) in [5, 5.41) is 6.95. The van der Waals surface area contributed by atoms with E-state index in [1.165, 1.54) is 9.78 Å². The summed E-state index contributed by atoms with van der Waals surface area (Å²) < 4.78 is 6.35. The number of benzene rings is 1. The molecular formula is C15H16IN3O2. The van der Waals surface area contributed by atoms with Gasteiger partial charge < -0.3 is 9.73 Å². The minimum absolute atomic E-state index is 0.163. The van der Waals surface area contributed by atoms with Crippen LogP contribution in [0.2, 0.25) is 0 Å². The highest BCUT2D eigenvalue weighted by Gasteiger charge is 2.03. The molecule has 21 heavy (non-hydrogen) atoms. The van der Waals surface area contributed by atoms with Crippen LogP contribution >= 0.6 is 22.6 Å². The molecule has 0 fully saturated rings. The number of halogens is 1. The molecule has 2 rings (SSSR count). The van der Waals surface area contributed by atoms with Crippen molar-refractivity contribution >= 4 is 40.4 Å². The number of furan rings is 1. The lowest BCUT2D eigenvalue weighted by atomic mass is 10.2. The summed E-state index contributed by atoms with van der Waals surface area (Å²) in [6, 6.07) is 7.84. The van der Waals surface area contributed by atoms with E-state index in [-0.39, 0.29) is 12.5 Å². The Kier molecular flexibility index (Phi) is 5.38. The number of anilines is 1. The van der Waals surface area contributed by atoms with Crippen LogP contribution in [0.25, 0.3) is 0 Å². The van der Waals surface area contributed by atoms with Gasteiger partial charge in [-0.25, -0.2) is 5.43 Å². The molecule has 2 aromatic rings. The molecule has 0 atom stereocenters. The lowest BCUT2D eigenvalue weighted by molar-refractivity contribution is -0.119. The fourth-order valence-electron chi connectivity index (χ4n) is 1.72. The van der Waals surface area contributed by atoms with Crippen molar-refractivity contribution < 1.29 is 9.21 Å². The normalized spacial score (nSPS) is 10.8. The van der Waals surface area contributed by atoms with Gasteiger partial charge in [0.1, 0.15) is 5.76 Å². The van der Waals surface area contributed by atoms with E-state index < -0.39 is 0 Å². The van der Waals surface area contributed by atoms with E-state index in [1.807, 2.05) is 32.0 Å². The lowest BCUT2D eigenvalue weighted by Gasteiger charge is -2.08. The molecule has 0 bridgehead atoms. The van der Waals surface area contributed by atoms with Crippen LogP contribution in [0.3, 0.4) is 0 Å². The standard InChI is InChI=1S/C15H16IN3O2/c1-10-5-6-21-14(10)8-18-19-15(20)9-17-13-4-3-12(16)7-11(13)2/h3-8,17H,9H2,1-2H3,(H,19,20)/b18-8-. The summed E-state index contributed by atoms with van der Waals surface area (Å²) in [5.41, 5.74) is 5.47. The van der Waals surface area contributed by atoms with Crippen LogP contribution in [0.4, 0.5) is 5.69 Å². The van der Waals surface area contributed by atoms with Crippen molar-refractivity contribution in [1.82, 2.24) is 5.43 Å². The predicted octanol–water partition coefficient (Wildman–Crippen LogP) is 3.06. The zero-order valence-corrected chi connectivity index (χ0v) is 14.0. The molecular weight excluding hydrogens is 381 g/mol. The summed E-state index contributed by atoms with van der Waals surface area (Å²) in [6.45, 7) is 4.07. The van der Waals surface area contributed by atoms with Crippen LogP contribution < -0.4 is 10.7 Å². The van der Waals surface area contributed by atoms with Crippen molar-refractivity contribution in [3.05, 3.63) is 51.0 Å². The average molecular weight is 397 g/mol. The quantitative estimate of drug-likeness (QED) is 0.463. The zero-order chi connectivity index (χ0) is 15.2. The van der Waals surface area contributed by atoms with Crippen molar-refractivity contribution in [2.75, 3.05) is 11.9 Å². The van der Waals surface area contributed by atoms with Gasteiger partial charge in [-0.1, -0.05) is 0 Å². The van der Waals surface area contributed by atoms with Crippen LogP contribution in [0, 0.1) is 17.4 Å². The van der Waals surface area contributed by atoms with Gasteiger partial charge in [-0.3, -0.25) is 4.79 Å². The van der Waals surface area contributed by atoms with E-state index >= 15 is 0 Å². The second-order valence-corrected chi connectivity index (χ2v) is 5.82. The monoisotopic (exact) mass is 397 g/mol. The molecule has 1 heterocycles. The zero-order valence-electron chi connectivity index (χ0n) is 11.8. The van der Waals surface area contributed by atoms with Crippen LogP contribution in [-0.4, -0.2) is 18.7 Å². The van der Waals surface area contributed by atoms with E-state index in [9.17, 15) is 4.79 Å². The third kappa shape index (κ3) is 4.59. The highest BCUT2D eigenvalue weighted by atomic mass is 127. The Labute approximate surface area is 136 Å². The number of hydrogen-bond donors (Lipinski definition) is 2. The summed E-state index contributed by atoms with van der Waals surface area (Å²) in [6.07, 6.45) is 3.07. The molecule has 6 heteroatoms. The van der Waals surface area contributed by atoms with Gasteiger partial charge in [-0.2, -0.15) is 5.10 Å². The number of nitrogens with one attached hydrogen (secondary N) is 2. The van der Waals surface area contributed by atoms with Gasteiger partial charge in [0.05, 0.1) is 19.0 Å². The third-order valence-electron chi connectivity index (χ3n) is 2.90. The van der Waals surface area contributed by atoms with Gasteiger partial charge in [0.25, 0.3) is 5.91 Å². The SMILES string of the molecule is Cc1cc(I)ccc1NCC(=O)N/N=C\c1occc1C. The van der Waals surface area contributed by atoms with E-state index in [2.05, 4.69) is 44.5 Å². The smallest absolute Gasteiger partial charge is 0.259 e. The number of rotatable bonds is 5. The van der Waals surface area contributed by atoms with Gasteiger partial charge in [0.2, 0.25) is 0 Å². The fourth-order valence-corrected chi connectivity index (χ4v) is 2.37. The van der Waals surface area contributed by atoms with E-state index in [1.54, 1.807) is 6.26 Å². The van der Waals surface area contributed by atoms with Crippen molar-refractivity contribution in [1.29, 1.82) is 0 Å². The van der Waals surface area contributed by atoms with E-state index in [0.717, 1.165) is 16.8 Å². The highest BCUT2D eigenvalue weighted by molar-refractivity contribution is 14.1. The van der Waals surface area contributed by atoms with E-state index in [0.29, 0.717) is 5.76 Å². The first-order chi connectivity index (χ1) is 10.1. The Bertz CT molecular complexity index is 665. The maximum absolute atomic E-state index is 11.7. The number of carbonyl (C=O) groups excluding carboxylic acids is 1. The first kappa shape index (κ1) is 15.6. The van der Waals surface area contributed by atoms with Crippen molar-refractivity contribution in [2.24, 2.45) is 5.10 Å². The topological polar surface area (TPSA) is 66.6 Å². The van der Waals surface area contributed by atoms with Crippen LogP contribution in [0.5, 0.6) is 0 Å². The highest BCUT2D eigenvalue weighted by Crippen LogP contribution is 2.17. The Morgan fingerprint density at radius 1 is 1.33 bits per heavy atom. The van der Waals surface area contributed by atoms with E-state index in [4.69, 9.17) is 4.42 Å². The van der Waals surface area contributed by atoms with Crippen LogP contribution in [0.15, 0.2) is 40.0 Å². The first-order valence-corrected chi connectivity index (χ1v) is 7.50. The molecule has 0 aliphatic heterocycles. The molecule has 1 aromatic heterocycles. The van der Waals surface area contributed by atoms with Crippen molar-refractivity contribution in [3.8, 4) is 0 Å². The minimum Gasteiger partial charge on any atom is -0.463 e. The average Bonchev–Trinajstić information content (AvgIpc) is 2.83. The predicted molar refractivity (Wildman–Crippen MR) is 91.6 cm³/mol. The van der Waals surface area contributed by atoms with Crippen molar-refractivity contribution in [3.63, 3.8) is 0 Å². The number of nitrogens with zero attached hydrogens (tertiary/aromatic N) is 1. The number of hydrazone groups is 1. The van der Waals surface area contributed by atoms with Gasteiger partial charge >= 0.3 is 0 Å². The number of hydrogen-bond acceptors (Lipinski definition) is 4. The van der Waals surface area contributed by atoms with Gasteiger partial charge in [-0.15, -0.1) is 0 Å². The lowest BCUT2D eigenvalue weighted by Crippen LogP contribution is -2.26. The Morgan fingerprint density at radius 2 is 2.14 bits per heavy atom.